The van der Waals surface area contributed by atoms with Gasteiger partial charge in [-0.25, -0.2) is 0 Å². The standard InChI is InChI=1S/C15H25N3O2/c1-17-8-5-13(6-9-17)18(2)10-7-15(19)16-12-14-4-3-11-20-14/h3-4,11,13H,5-10,12H2,1-2H3,(H,16,19). The van der Waals surface area contributed by atoms with Gasteiger partial charge in [0, 0.05) is 19.0 Å². The fraction of sp³-hybridized carbons (Fsp3) is 0.667. The van der Waals surface area contributed by atoms with Gasteiger partial charge in [0.15, 0.2) is 0 Å². The molecule has 0 bridgehead atoms. The molecule has 1 fully saturated rings. The van der Waals surface area contributed by atoms with Crippen LogP contribution < -0.4 is 5.32 Å². The maximum Gasteiger partial charge on any atom is 0.221 e. The van der Waals surface area contributed by atoms with E-state index in [-0.39, 0.29) is 5.91 Å². The van der Waals surface area contributed by atoms with Gasteiger partial charge in [0.05, 0.1) is 12.8 Å². The maximum absolute atomic E-state index is 11.8. The van der Waals surface area contributed by atoms with Gasteiger partial charge < -0.3 is 19.5 Å². The first-order chi connectivity index (χ1) is 9.65. The monoisotopic (exact) mass is 279 g/mol. The molecule has 1 aromatic heterocycles. The van der Waals surface area contributed by atoms with Crippen LogP contribution in [0.1, 0.15) is 25.0 Å². The van der Waals surface area contributed by atoms with Crippen LogP contribution in [0.2, 0.25) is 0 Å². The second-order valence-corrected chi connectivity index (χ2v) is 5.62. The Kier molecular flexibility index (Phi) is 5.61. The molecular formula is C15H25N3O2. The number of nitrogens with zero attached hydrogens (tertiary/aromatic N) is 2. The fourth-order valence-corrected chi connectivity index (χ4v) is 2.58. The number of hydrogen-bond donors (Lipinski definition) is 1. The molecule has 5 nitrogen and oxygen atoms in total. The summed E-state index contributed by atoms with van der Waals surface area (Å²) >= 11 is 0. The minimum absolute atomic E-state index is 0.0844. The SMILES string of the molecule is CN1CCC(N(C)CCC(=O)NCc2ccco2)CC1. The van der Waals surface area contributed by atoms with Gasteiger partial charge in [0.2, 0.25) is 5.91 Å². The van der Waals surface area contributed by atoms with Crippen LogP contribution in [0.25, 0.3) is 0 Å². The Morgan fingerprint density at radius 2 is 2.25 bits per heavy atom. The van der Waals surface area contributed by atoms with E-state index in [4.69, 9.17) is 4.42 Å². The molecule has 0 radical (unpaired) electrons. The van der Waals surface area contributed by atoms with Crippen LogP contribution in [-0.2, 0) is 11.3 Å². The summed E-state index contributed by atoms with van der Waals surface area (Å²) in [6.07, 6.45) is 4.56. The summed E-state index contributed by atoms with van der Waals surface area (Å²) in [5.41, 5.74) is 0. The van der Waals surface area contributed by atoms with E-state index in [1.807, 2.05) is 12.1 Å². The van der Waals surface area contributed by atoms with Crippen molar-refractivity contribution in [2.75, 3.05) is 33.7 Å². The zero-order valence-electron chi connectivity index (χ0n) is 12.5. The number of nitrogens with one attached hydrogen (secondary N) is 1. The van der Waals surface area contributed by atoms with Crippen LogP contribution in [-0.4, -0.2) is 55.5 Å². The smallest absolute Gasteiger partial charge is 0.221 e. The van der Waals surface area contributed by atoms with E-state index in [9.17, 15) is 4.79 Å². The molecule has 5 heteroatoms. The van der Waals surface area contributed by atoms with Crippen molar-refractivity contribution in [3.05, 3.63) is 24.2 Å². The number of piperidine rings is 1. The number of rotatable bonds is 6. The van der Waals surface area contributed by atoms with Crippen LogP contribution in [0.5, 0.6) is 0 Å². The van der Waals surface area contributed by atoms with Crippen molar-refractivity contribution in [1.29, 1.82) is 0 Å². The molecule has 1 amide bonds. The summed E-state index contributed by atoms with van der Waals surface area (Å²) in [5, 5.41) is 2.88. The summed E-state index contributed by atoms with van der Waals surface area (Å²) in [7, 11) is 4.29. The van der Waals surface area contributed by atoms with Crippen molar-refractivity contribution in [2.24, 2.45) is 0 Å². The molecule has 1 saturated heterocycles. The molecule has 1 aromatic rings. The third-order valence-corrected chi connectivity index (χ3v) is 4.04. The molecule has 0 saturated carbocycles. The molecule has 112 valence electrons. The highest BCUT2D eigenvalue weighted by atomic mass is 16.3. The first-order valence-corrected chi connectivity index (χ1v) is 7.33. The van der Waals surface area contributed by atoms with E-state index in [1.54, 1.807) is 6.26 Å². The predicted octanol–water partition coefficient (Wildman–Crippen LogP) is 1.31. The molecule has 2 heterocycles. The fourth-order valence-electron chi connectivity index (χ4n) is 2.58. The average molecular weight is 279 g/mol. The lowest BCUT2D eigenvalue weighted by molar-refractivity contribution is -0.121. The molecule has 1 aliphatic rings. The summed E-state index contributed by atoms with van der Waals surface area (Å²) in [4.78, 5) is 16.5. The second-order valence-electron chi connectivity index (χ2n) is 5.62. The quantitative estimate of drug-likeness (QED) is 0.853. The van der Waals surface area contributed by atoms with Crippen LogP contribution >= 0.6 is 0 Å². The van der Waals surface area contributed by atoms with Gasteiger partial charge in [-0.2, -0.15) is 0 Å². The van der Waals surface area contributed by atoms with E-state index >= 15 is 0 Å². The number of carbonyl (C=O) groups excluding carboxylic acids is 1. The Bertz CT molecular complexity index is 397. The van der Waals surface area contributed by atoms with Crippen molar-refractivity contribution < 1.29 is 9.21 Å². The van der Waals surface area contributed by atoms with Gasteiger partial charge in [-0.15, -0.1) is 0 Å². The van der Waals surface area contributed by atoms with Crippen LogP contribution in [0.4, 0.5) is 0 Å². The lowest BCUT2D eigenvalue weighted by Gasteiger charge is -2.35. The van der Waals surface area contributed by atoms with Crippen molar-refractivity contribution in [3.8, 4) is 0 Å². The third-order valence-electron chi connectivity index (χ3n) is 4.04. The largest absolute Gasteiger partial charge is 0.467 e. The first kappa shape index (κ1) is 15.1. The van der Waals surface area contributed by atoms with Gasteiger partial charge in [0.25, 0.3) is 0 Å². The molecule has 0 spiro atoms. The number of carbonyl (C=O) groups is 1. The number of furan rings is 1. The Balaban J connectivity index is 1.62. The lowest BCUT2D eigenvalue weighted by atomic mass is 10.0. The topological polar surface area (TPSA) is 48.7 Å². The van der Waals surface area contributed by atoms with Crippen molar-refractivity contribution in [3.63, 3.8) is 0 Å². The molecule has 0 aromatic carbocycles. The highest BCUT2D eigenvalue weighted by molar-refractivity contribution is 5.75. The zero-order valence-corrected chi connectivity index (χ0v) is 12.5. The van der Waals surface area contributed by atoms with Crippen LogP contribution in [0.15, 0.2) is 22.8 Å². The molecule has 0 atom stereocenters. The van der Waals surface area contributed by atoms with Crippen LogP contribution in [0.3, 0.4) is 0 Å². The molecular weight excluding hydrogens is 254 g/mol. The third kappa shape index (κ3) is 4.65. The van der Waals surface area contributed by atoms with E-state index in [0.29, 0.717) is 19.0 Å². The van der Waals surface area contributed by atoms with E-state index < -0.39 is 0 Å². The number of amides is 1. The summed E-state index contributed by atoms with van der Waals surface area (Å²) in [5.74, 6) is 0.878. The predicted molar refractivity (Wildman–Crippen MR) is 78.3 cm³/mol. The van der Waals surface area contributed by atoms with Gasteiger partial charge in [-0.3, -0.25) is 4.79 Å². The molecule has 1 N–H and O–H groups in total. The summed E-state index contributed by atoms with van der Waals surface area (Å²) in [6.45, 7) is 3.60. The Morgan fingerprint density at radius 1 is 1.50 bits per heavy atom. The minimum Gasteiger partial charge on any atom is -0.467 e. The van der Waals surface area contributed by atoms with Gasteiger partial charge in [-0.1, -0.05) is 0 Å². The van der Waals surface area contributed by atoms with Crippen molar-refractivity contribution >= 4 is 5.91 Å². The minimum atomic E-state index is 0.0844. The Hall–Kier alpha value is -1.33. The van der Waals surface area contributed by atoms with Crippen molar-refractivity contribution in [2.45, 2.75) is 31.8 Å². The highest BCUT2D eigenvalue weighted by Gasteiger charge is 2.20. The lowest BCUT2D eigenvalue weighted by Crippen LogP contribution is -2.43. The number of likely N-dealkylation sites (tertiary alicyclic amines) is 1. The molecule has 1 aliphatic heterocycles. The van der Waals surface area contributed by atoms with E-state index in [0.717, 1.165) is 25.4 Å². The van der Waals surface area contributed by atoms with Gasteiger partial charge in [-0.05, 0) is 52.2 Å². The first-order valence-electron chi connectivity index (χ1n) is 7.33. The zero-order chi connectivity index (χ0) is 14.4. The molecule has 0 unspecified atom stereocenters. The Labute approximate surface area is 120 Å². The van der Waals surface area contributed by atoms with Crippen molar-refractivity contribution in [1.82, 2.24) is 15.1 Å². The summed E-state index contributed by atoms with van der Waals surface area (Å²) in [6, 6.07) is 4.31. The number of hydrogen-bond acceptors (Lipinski definition) is 4. The molecule has 2 rings (SSSR count). The molecule has 0 aliphatic carbocycles. The second kappa shape index (κ2) is 7.45. The summed E-state index contributed by atoms with van der Waals surface area (Å²) < 4.78 is 5.18. The van der Waals surface area contributed by atoms with E-state index in [2.05, 4.69) is 29.2 Å². The van der Waals surface area contributed by atoms with E-state index in [1.165, 1.54) is 12.8 Å². The van der Waals surface area contributed by atoms with Gasteiger partial charge >= 0.3 is 0 Å². The van der Waals surface area contributed by atoms with Gasteiger partial charge in [0.1, 0.15) is 5.76 Å². The average Bonchev–Trinajstić information content (AvgIpc) is 2.96. The van der Waals surface area contributed by atoms with Crippen LogP contribution in [0, 0.1) is 0 Å². The normalized spacial score (nSPS) is 17.6. The molecule has 20 heavy (non-hydrogen) atoms. The Morgan fingerprint density at radius 3 is 2.90 bits per heavy atom. The maximum atomic E-state index is 11.8. The highest BCUT2D eigenvalue weighted by Crippen LogP contribution is 2.14.